The summed E-state index contributed by atoms with van der Waals surface area (Å²) in [5.74, 6) is 0.134. The fourth-order valence-electron chi connectivity index (χ4n) is 1.40. The standard InChI is InChI=1S/C14H11NO2S2/c16-12-8-6-11(7-9-12)14(17)19-15-13(18)10-4-2-1-3-5-10/h1-9,16H,(H,15,18). The van der Waals surface area contributed by atoms with Crippen molar-refractivity contribution >= 4 is 34.3 Å². The number of hydrogen-bond donors (Lipinski definition) is 2. The maximum atomic E-state index is 11.9. The predicted molar refractivity (Wildman–Crippen MR) is 81.3 cm³/mol. The lowest BCUT2D eigenvalue weighted by Crippen LogP contribution is -2.16. The van der Waals surface area contributed by atoms with Crippen LogP contribution in [0.4, 0.5) is 0 Å². The number of hydrogen-bond acceptors (Lipinski definition) is 4. The molecule has 0 heterocycles. The SMILES string of the molecule is O=C(SNC(=S)c1ccccc1)c1ccc(O)cc1. The first-order valence-corrected chi connectivity index (χ1v) is 6.75. The maximum absolute atomic E-state index is 11.9. The van der Waals surface area contributed by atoms with Crippen molar-refractivity contribution in [3.05, 3.63) is 65.7 Å². The highest BCUT2D eigenvalue weighted by Gasteiger charge is 2.08. The smallest absolute Gasteiger partial charge is 0.239 e. The van der Waals surface area contributed by atoms with Crippen LogP contribution in [0.1, 0.15) is 15.9 Å². The van der Waals surface area contributed by atoms with Crippen LogP contribution in [0.15, 0.2) is 54.6 Å². The summed E-state index contributed by atoms with van der Waals surface area (Å²) in [6, 6.07) is 15.5. The van der Waals surface area contributed by atoms with E-state index in [0.29, 0.717) is 10.6 Å². The fraction of sp³-hybridized carbons (Fsp3) is 0. The Morgan fingerprint density at radius 2 is 1.63 bits per heavy atom. The van der Waals surface area contributed by atoms with E-state index < -0.39 is 0 Å². The van der Waals surface area contributed by atoms with Gasteiger partial charge in [0.05, 0.1) is 0 Å². The molecule has 5 heteroatoms. The number of carbonyl (C=O) groups is 1. The molecule has 2 aromatic rings. The first kappa shape index (κ1) is 13.6. The maximum Gasteiger partial charge on any atom is 0.239 e. The fourth-order valence-corrected chi connectivity index (χ4v) is 2.22. The number of nitrogens with one attached hydrogen (secondary N) is 1. The average Bonchev–Trinajstić information content (AvgIpc) is 2.46. The third-order valence-electron chi connectivity index (χ3n) is 2.38. The molecule has 0 radical (unpaired) electrons. The summed E-state index contributed by atoms with van der Waals surface area (Å²) in [6.07, 6.45) is 0. The molecule has 0 amide bonds. The van der Waals surface area contributed by atoms with Gasteiger partial charge in [-0.05, 0) is 24.3 Å². The Balaban J connectivity index is 1.94. The van der Waals surface area contributed by atoms with Crippen molar-refractivity contribution in [2.75, 3.05) is 0 Å². The van der Waals surface area contributed by atoms with Gasteiger partial charge in [-0.1, -0.05) is 42.5 Å². The average molecular weight is 289 g/mol. The minimum atomic E-state index is -0.154. The Morgan fingerprint density at radius 1 is 1.00 bits per heavy atom. The van der Waals surface area contributed by atoms with E-state index in [4.69, 9.17) is 17.3 Å². The molecule has 2 rings (SSSR count). The molecular formula is C14H11NO2S2. The Hall–Kier alpha value is -1.85. The molecule has 0 aliphatic rings. The summed E-state index contributed by atoms with van der Waals surface area (Å²) in [7, 11) is 0. The summed E-state index contributed by atoms with van der Waals surface area (Å²) < 4.78 is 2.85. The first-order valence-electron chi connectivity index (χ1n) is 5.52. The van der Waals surface area contributed by atoms with E-state index in [9.17, 15) is 4.79 Å². The van der Waals surface area contributed by atoms with Crippen LogP contribution in [0.2, 0.25) is 0 Å². The van der Waals surface area contributed by atoms with Crippen molar-refractivity contribution < 1.29 is 9.90 Å². The van der Waals surface area contributed by atoms with E-state index in [1.54, 1.807) is 12.1 Å². The van der Waals surface area contributed by atoms with Gasteiger partial charge in [-0.25, -0.2) is 0 Å². The Kier molecular flexibility index (Phi) is 4.54. The van der Waals surface area contributed by atoms with Gasteiger partial charge in [-0.15, -0.1) is 0 Å². The van der Waals surface area contributed by atoms with Crippen LogP contribution in [0, 0.1) is 0 Å². The van der Waals surface area contributed by atoms with Gasteiger partial charge in [0, 0.05) is 23.1 Å². The van der Waals surface area contributed by atoms with E-state index >= 15 is 0 Å². The minimum Gasteiger partial charge on any atom is -0.508 e. The van der Waals surface area contributed by atoms with Crippen LogP contribution in [-0.4, -0.2) is 15.2 Å². The number of aromatic hydroxyl groups is 1. The van der Waals surface area contributed by atoms with Crippen molar-refractivity contribution in [1.82, 2.24) is 4.72 Å². The summed E-state index contributed by atoms with van der Waals surface area (Å²) in [5.41, 5.74) is 1.37. The largest absolute Gasteiger partial charge is 0.508 e. The van der Waals surface area contributed by atoms with Crippen molar-refractivity contribution in [3.63, 3.8) is 0 Å². The Morgan fingerprint density at radius 3 is 2.26 bits per heavy atom. The van der Waals surface area contributed by atoms with E-state index in [1.807, 2.05) is 30.3 Å². The number of benzene rings is 2. The van der Waals surface area contributed by atoms with Crippen molar-refractivity contribution in [2.24, 2.45) is 0 Å². The summed E-state index contributed by atoms with van der Waals surface area (Å²) in [6.45, 7) is 0. The highest BCUT2D eigenvalue weighted by Crippen LogP contribution is 2.14. The molecule has 2 N–H and O–H groups in total. The van der Waals surface area contributed by atoms with Crippen molar-refractivity contribution in [2.45, 2.75) is 0 Å². The zero-order valence-corrected chi connectivity index (χ0v) is 11.5. The molecule has 0 saturated heterocycles. The van der Waals surface area contributed by atoms with Gasteiger partial charge in [0.15, 0.2) is 0 Å². The van der Waals surface area contributed by atoms with E-state index in [2.05, 4.69) is 4.72 Å². The highest BCUT2D eigenvalue weighted by atomic mass is 32.2. The quantitative estimate of drug-likeness (QED) is 0.657. The van der Waals surface area contributed by atoms with Crippen LogP contribution in [0.25, 0.3) is 0 Å². The molecular weight excluding hydrogens is 278 g/mol. The molecule has 96 valence electrons. The van der Waals surface area contributed by atoms with E-state index in [0.717, 1.165) is 17.5 Å². The van der Waals surface area contributed by atoms with Crippen molar-refractivity contribution in [3.8, 4) is 5.75 Å². The monoisotopic (exact) mass is 289 g/mol. The third-order valence-corrected chi connectivity index (χ3v) is 3.57. The summed E-state index contributed by atoms with van der Waals surface area (Å²) in [5, 5.41) is 9.00. The van der Waals surface area contributed by atoms with Gasteiger partial charge in [0.1, 0.15) is 10.7 Å². The lowest BCUT2D eigenvalue weighted by molar-refractivity contribution is 0.108. The number of thiocarbonyl (C=S) groups is 1. The molecule has 2 aromatic carbocycles. The molecule has 0 aliphatic heterocycles. The van der Waals surface area contributed by atoms with Gasteiger partial charge in [0.25, 0.3) is 0 Å². The van der Waals surface area contributed by atoms with Crippen LogP contribution in [0.3, 0.4) is 0 Å². The lowest BCUT2D eigenvalue weighted by Gasteiger charge is -2.06. The predicted octanol–water partition coefficient (Wildman–Crippen LogP) is 3.15. The van der Waals surface area contributed by atoms with Gasteiger partial charge in [0.2, 0.25) is 5.12 Å². The molecule has 0 bridgehead atoms. The Labute approximate surface area is 120 Å². The molecule has 0 unspecified atom stereocenters. The zero-order valence-electron chi connectivity index (χ0n) is 9.87. The second-order valence-electron chi connectivity index (χ2n) is 3.73. The van der Waals surface area contributed by atoms with Crippen molar-refractivity contribution in [1.29, 1.82) is 0 Å². The first-order chi connectivity index (χ1) is 9.16. The van der Waals surface area contributed by atoms with Crippen LogP contribution in [0.5, 0.6) is 5.75 Å². The lowest BCUT2D eigenvalue weighted by atomic mass is 10.2. The number of phenols is 1. The number of phenolic OH excluding ortho intramolecular Hbond substituents is 1. The Bertz CT molecular complexity index is 582. The molecule has 0 aliphatic carbocycles. The molecule has 0 saturated carbocycles. The van der Waals surface area contributed by atoms with Crippen LogP contribution >= 0.6 is 24.2 Å². The molecule has 0 aromatic heterocycles. The molecule has 0 spiro atoms. The summed E-state index contributed by atoms with van der Waals surface area (Å²) >= 11 is 6.11. The number of rotatable bonds is 2. The number of carbonyl (C=O) groups excluding carboxylic acids is 1. The van der Waals surface area contributed by atoms with Gasteiger partial charge < -0.3 is 9.83 Å². The second kappa shape index (κ2) is 6.36. The molecule has 3 nitrogen and oxygen atoms in total. The van der Waals surface area contributed by atoms with E-state index in [1.165, 1.54) is 12.1 Å². The zero-order chi connectivity index (χ0) is 13.7. The molecule has 19 heavy (non-hydrogen) atoms. The normalized spacial score (nSPS) is 9.89. The highest BCUT2D eigenvalue weighted by molar-refractivity contribution is 8.13. The van der Waals surface area contributed by atoms with Crippen LogP contribution in [-0.2, 0) is 0 Å². The third kappa shape index (κ3) is 3.81. The van der Waals surface area contributed by atoms with Crippen LogP contribution < -0.4 is 4.72 Å². The summed E-state index contributed by atoms with van der Waals surface area (Å²) in [4.78, 5) is 12.4. The van der Waals surface area contributed by atoms with Gasteiger partial charge in [-0.3, -0.25) is 4.79 Å². The molecule has 0 fully saturated rings. The van der Waals surface area contributed by atoms with E-state index in [-0.39, 0.29) is 10.9 Å². The van der Waals surface area contributed by atoms with Gasteiger partial charge in [-0.2, -0.15) is 0 Å². The topological polar surface area (TPSA) is 49.3 Å². The minimum absolute atomic E-state index is 0.134. The molecule has 0 atom stereocenters. The second-order valence-corrected chi connectivity index (χ2v) is 4.92. The van der Waals surface area contributed by atoms with Gasteiger partial charge >= 0.3 is 0 Å².